The molecule has 0 N–H and O–H groups in total. The van der Waals surface area contributed by atoms with Gasteiger partial charge in [0.2, 0.25) is 0 Å². The summed E-state index contributed by atoms with van der Waals surface area (Å²) in [5, 5.41) is 0. The van der Waals surface area contributed by atoms with Crippen LogP contribution in [0.25, 0.3) is 0 Å². The number of fused-ring (bicyclic) bond motifs is 1. The fraction of sp³-hybridized carbons (Fsp3) is 0.727. The van der Waals surface area contributed by atoms with Gasteiger partial charge >= 0.3 is 8.80 Å². The van der Waals surface area contributed by atoms with Crippen LogP contribution in [0.2, 0.25) is 5.54 Å². The van der Waals surface area contributed by atoms with Crippen LogP contribution in [0.1, 0.15) is 57.4 Å². The van der Waals surface area contributed by atoms with E-state index in [4.69, 9.17) is 18.0 Å². The Morgan fingerprint density at radius 3 is 2.22 bits per heavy atom. The predicted octanol–water partition coefficient (Wildman–Crippen LogP) is 5.02. The fourth-order valence-electron chi connectivity index (χ4n) is 5.17. The third-order valence-electron chi connectivity index (χ3n) is 6.85. The molecule has 1 heterocycles. The standard InChI is InChI=1S/C22H36O4Si/c1-16(18-9-7-6-8-10-18)13-20(19-11-12-21-22(15-19)26-21)14-17(2)27(23-3,24-4)25-5/h6-10,16-17,19-22H,11-15H2,1-5H3. The van der Waals surface area contributed by atoms with Crippen molar-refractivity contribution in [3.05, 3.63) is 35.9 Å². The molecule has 152 valence electrons. The Kier molecular flexibility index (Phi) is 7.14. The van der Waals surface area contributed by atoms with E-state index in [-0.39, 0.29) is 5.54 Å². The minimum absolute atomic E-state index is 0.281. The van der Waals surface area contributed by atoms with Crippen molar-refractivity contribution in [1.82, 2.24) is 0 Å². The Morgan fingerprint density at radius 1 is 0.963 bits per heavy atom. The fourth-order valence-corrected chi connectivity index (χ4v) is 7.47. The lowest BCUT2D eigenvalue weighted by Crippen LogP contribution is -2.47. The van der Waals surface area contributed by atoms with Crippen molar-refractivity contribution in [1.29, 1.82) is 0 Å². The van der Waals surface area contributed by atoms with Gasteiger partial charge in [0, 0.05) is 26.9 Å². The number of hydrogen-bond donors (Lipinski definition) is 0. The van der Waals surface area contributed by atoms with Crippen LogP contribution in [-0.4, -0.2) is 42.3 Å². The van der Waals surface area contributed by atoms with Crippen molar-refractivity contribution in [2.75, 3.05) is 21.3 Å². The topological polar surface area (TPSA) is 40.2 Å². The van der Waals surface area contributed by atoms with Crippen molar-refractivity contribution < 1.29 is 18.0 Å². The zero-order chi connectivity index (χ0) is 19.4. The number of epoxide rings is 1. The van der Waals surface area contributed by atoms with Gasteiger partial charge < -0.3 is 18.0 Å². The first-order chi connectivity index (χ1) is 13.0. The third kappa shape index (κ3) is 4.82. The molecule has 1 saturated carbocycles. The van der Waals surface area contributed by atoms with Crippen LogP contribution in [0, 0.1) is 11.8 Å². The van der Waals surface area contributed by atoms with Gasteiger partial charge in [-0.3, -0.25) is 0 Å². The highest BCUT2D eigenvalue weighted by Gasteiger charge is 2.49. The van der Waals surface area contributed by atoms with E-state index in [9.17, 15) is 0 Å². The van der Waals surface area contributed by atoms with Gasteiger partial charge in [-0.25, -0.2) is 0 Å². The molecule has 3 rings (SSSR count). The first-order valence-electron chi connectivity index (χ1n) is 10.4. The second kappa shape index (κ2) is 9.18. The maximum absolute atomic E-state index is 5.82. The summed E-state index contributed by atoms with van der Waals surface area (Å²) in [4.78, 5) is 0. The lowest BCUT2D eigenvalue weighted by Gasteiger charge is -2.36. The molecular weight excluding hydrogens is 356 g/mol. The predicted molar refractivity (Wildman–Crippen MR) is 110 cm³/mol. The molecular formula is C22H36O4Si. The first-order valence-corrected chi connectivity index (χ1v) is 12.2. The first kappa shape index (κ1) is 21.0. The molecule has 1 aliphatic heterocycles. The van der Waals surface area contributed by atoms with E-state index >= 15 is 0 Å². The Morgan fingerprint density at radius 2 is 1.63 bits per heavy atom. The van der Waals surface area contributed by atoms with Crippen LogP contribution in [0.4, 0.5) is 0 Å². The average Bonchev–Trinajstić information content (AvgIpc) is 3.48. The summed E-state index contributed by atoms with van der Waals surface area (Å²) >= 11 is 0. The van der Waals surface area contributed by atoms with Crippen molar-refractivity contribution in [3.8, 4) is 0 Å². The van der Waals surface area contributed by atoms with Crippen LogP contribution in [0.3, 0.4) is 0 Å². The molecule has 4 nitrogen and oxygen atoms in total. The van der Waals surface area contributed by atoms with Gasteiger partial charge in [0.15, 0.2) is 0 Å². The van der Waals surface area contributed by atoms with E-state index in [2.05, 4.69) is 44.2 Å². The van der Waals surface area contributed by atoms with Gasteiger partial charge in [0.05, 0.1) is 12.2 Å². The highest BCUT2D eigenvalue weighted by atomic mass is 28.4. The largest absolute Gasteiger partial charge is 0.503 e. The van der Waals surface area contributed by atoms with E-state index in [0.717, 1.165) is 12.3 Å². The van der Waals surface area contributed by atoms with E-state index < -0.39 is 8.80 Å². The van der Waals surface area contributed by atoms with E-state index in [1.165, 1.54) is 31.2 Å². The van der Waals surface area contributed by atoms with Crippen molar-refractivity contribution >= 4 is 8.80 Å². The molecule has 0 radical (unpaired) electrons. The van der Waals surface area contributed by atoms with Gasteiger partial charge in [-0.1, -0.05) is 44.2 Å². The van der Waals surface area contributed by atoms with Gasteiger partial charge in [-0.15, -0.1) is 0 Å². The molecule has 0 amide bonds. The van der Waals surface area contributed by atoms with Gasteiger partial charge in [-0.2, -0.15) is 0 Å². The summed E-state index contributed by atoms with van der Waals surface area (Å²) in [5.74, 6) is 1.90. The number of rotatable bonds is 10. The summed E-state index contributed by atoms with van der Waals surface area (Å²) in [6.07, 6.45) is 7.06. The summed E-state index contributed by atoms with van der Waals surface area (Å²) in [7, 11) is 2.55. The second-order valence-electron chi connectivity index (χ2n) is 8.45. The maximum Gasteiger partial charge on any atom is 0.503 e. The normalized spacial score (nSPS) is 28.3. The average molecular weight is 393 g/mol. The smallest absolute Gasteiger partial charge is 0.377 e. The monoisotopic (exact) mass is 392 g/mol. The van der Waals surface area contributed by atoms with Crippen LogP contribution in [-0.2, 0) is 18.0 Å². The lowest BCUT2D eigenvalue weighted by molar-refractivity contribution is 0.104. The number of hydrogen-bond acceptors (Lipinski definition) is 4. The molecule has 0 aromatic heterocycles. The van der Waals surface area contributed by atoms with E-state index in [0.29, 0.717) is 24.0 Å². The zero-order valence-corrected chi connectivity index (χ0v) is 18.5. The number of ether oxygens (including phenoxy) is 1. The maximum atomic E-state index is 5.82. The molecule has 1 aromatic rings. The zero-order valence-electron chi connectivity index (χ0n) is 17.5. The summed E-state index contributed by atoms with van der Waals surface area (Å²) in [6, 6.07) is 10.9. The Labute approximate surface area is 165 Å². The molecule has 1 aliphatic carbocycles. The second-order valence-corrected chi connectivity index (χ2v) is 11.9. The molecule has 0 bridgehead atoms. The van der Waals surface area contributed by atoms with Crippen LogP contribution in [0.15, 0.2) is 30.3 Å². The van der Waals surface area contributed by atoms with Crippen molar-refractivity contribution in [3.63, 3.8) is 0 Å². The summed E-state index contributed by atoms with van der Waals surface area (Å²) in [5.41, 5.74) is 1.71. The molecule has 27 heavy (non-hydrogen) atoms. The molecule has 0 spiro atoms. The van der Waals surface area contributed by atoms with Crippen LogP contribution < -0.4 is 0 Å². The Balaban J connectivity index is 1.72. The van der Waals surface area contributed by atoms with E-state index in [1.807, 2.05) is 0 Å². The minimum Gasteiger partial charge on any atom is -0.377 e. The Hall–Kier alpha value is -0.723. The molecule has 2 aliphatic rings. The molecule has 5 heteroatoms. The highest BCUT2D eigenvalue weighted by molar-refractivity contribution is 6.62. The Bertz CT molecular complexity index is 569. The molecule has 6 unspecified atom stereocenters. The molecule has 2 fully saturated rings. The SMILES string of the molecule is CO[Si](OC)(OC)C(C)CC(CC(C)c1ccccc1)C1CCC2OC2C1. The summed E-state index contributed by atoms with van der Waals surface area (Å²) < 4.78 is 23.1. The van der Waals surface area contributed by atoms with Crippen LogP contribution >= 0.6 is 0 Å². The molecule has 1 saturated heterocycles. The quantitative estimate of drug-likeness (QED) is 0.414. The molecule has 1 aromatic carbocycles. The van der Waals surface area contributed by atoms with Gasteiger partial charge in [-0.05, 0) is 55.4 Å². The third-order valence-corrected chi connectivity index (χ3v) is 10.00. The minimum atomic E-state index is -2.62. The van der Waals surface area contributed by atoms with E-state index in [1.54, 1.807) is 21.3 Å². The van der Waals surface area contributed by atoms with Crippen LogP contribution in [0.5, 0.6) is 0 Å². The van der Waals surface area contributed by atoms with Gasteiger partial charge in [0.25, 0.3) is 0 Å². The number of benzene rings is 1. The van der Waals surface area contributed by atoms with Crippen molar-refractivity contribution in [2.24, 2.45) is 11.8 Å². The van der Waals surface area contributed by atoms with Crippen molar-refractivity contribution in [2.45, 2.75) is 69.6 Å². The molecule has 6 atom stereocenters. The highest BCUT2D eigenvalue weighted by Crippen LogP contribution is 2.47. The summed E-state index contributed by atoms with van der Waals surface area (Å²) in [6.45, 7) is 4.60. The lowest BCUT2D eigenvalue weighted by atomic mass is 9.73. The van der Waals surface area contributed by atoms with Gasteiger partial charge in [0.1, 0.15) is 0 Å².